The van der Waals surface area contributed by atoms with Crippen LogP contribution in [0.2, 0.25) is 0 Å². The molecule has 1 saturated carbocycles. The molecule has 0 aromatic heterocycles. The molecule has 1 fully saturated rings. The van der Waals surface area contributed by atoms with Crippen LogP contribution in [-0.4, -0.2) is 16.1 Å². The Morgan fingerprint density at radius 3 is 2.70 bits per heavy atom. The molecule has 0 spiro atoms. The highest BCUT2D eigenvalue weighted by Crippen LogP contribution is 2.31. The van der Waals surface area contributed by atoms with E-state index in [4.69, 9.17) is 18.0 Å². The zero-order valence-electron chi connectivity index (χ0n) is 5.81. The summed E-state index contributed by atoms with van der Waals surface area (Å²) in [4.78, 5) is 0. The molecular formula is C8H11ClO. The van der Waals surface area contributed by atoms with Gasteiger partial charge in [0.1, 0.15) is 5.60 Å². The van der Waals surface area contributed by atoms with Gasteiger partial charge in [0.2, 0.25) is 0 Å². The lowest BCUT2D eigenvalue weighted by atomic mass is 9.85. The Hall–Kier alpha value is -0.190. The van der Waals surface area contributed by atoms with Crippen LogP contribution in [-0.2, 0) is 0 Å². The number of rotatable bonds is 0. The molecule has 0 unspecified atom stereocenters. The summed E-state index contributed by atoms with van der Waals surface area (Å²) in [6.45, 7) is 0. The predicted molar refractivity (Wildman–Crippen MR) is 41.9 cm³/mol. The maximum Gasteiger partial charge on any atom is 0.141 e. The second kappa shape index (κ2) is 2.82. The first kappa shape index (κ1) is 7.91. The zero-order valence-corrected chi connectivity index (χ0v) is 6.56. The van der Waals surface area contributed by atoms with Gasteiger partial charge in [-0.1, -0.05) is 12.3 Å². The highest BCUT2D eigenvalue weighted by molar-refractivity contribution is 6.21. The summed E-state index contributed by atoms with van der Waals surface area (Å²) in [6, 6.07) is 0. The van der Waals surface area contributed by atoms with Crippen LogP contribution in [0.3, 0.4) is 0 Å². The minimum atomic E-state index is -1.03. The molecule has 2 heteroatoms. The topological polar surface area (TPSA) is 20.2 Å². The first-order chi connectivity index (χ1) is 4.69. The minimum Gasteiger partial charge on any atom is -0.376 e. The van der Waals surface area contributed by atoms with Gasteiger partial charge in [0, 0.05) is 0 Å². The number of alkyl halides is 1. The molecule has 56 valence electrons. The van der Waals surface area contributed by atoms with Crippen LogP contribution < -0.4 is 0 Å². The van der Waals surface area contributed by atoms with Crippen LogP contribution in [0.5, 0.6) is 0 Å². The molecule has 1 aliphatic carbocycles. The van der Waals surface area contributed by atoms with E-state index < -0.39 is 5.60 Å². The van der Waals surface area contributed by atoms with Crippen molar-refractivity contribution in [3.8, 4) is 12.3 Å². The van der Waals surface area contributed by atoms with Crippen LogP contribution in [0.15, 0.2) is 0 Å². The average molecular weight is 159 g/mol. The van der Waals surface area contributed by atoms with E-state index in [1.807, 2.05) is 0 Å². The summed E-state index contributed by atoms with van der Waals surface area (Å²) in [6.07, 6.45) is 8.70. The van der Waals surface area contributed by atoms with Gasteiger partial charge in [0.05, 0.1) is 5.38 Å². The van der Waals surface area contributed by atoms with E-state index in [0.717, 1.165) is 19.3 Å². The summed E-state index contributed by atoms with van der Waals surface area (Å²) < 4.78 is 0. The quantitative estimate of drug-likeness (QED) is 0.419. The van der Waals surface area contributed by atoms with Gasteiger partial charge in [-0.3, -0.25) is 0 Å². The fourth-order valence-electron chi connectivity index (χ4n) is 1.28. The normalized spacial score (nSPS) is 40.7. The van der Waals surface area contributed by atoms with Crippen molar-refractivity contribution in [3.63, 3.8) is 0 Å². The second-order valence-electron chi connectivity index (χ2n) is 2.78. The first-order valence-corrected chi connectivity index (χ1v) is 3.97. The van der Waals surface area contributed by atoms with Crippen molar-refractivity contribution in [3.05, 3.63) is 0 Å². The summed E-state index contributed by atoms with van der Waals surface area (Å²) in [7, 11) is 0. The van der Waals surface area contributed by atoms with Gasteiger partial charge in [0.25, 0.3) is 0 Å². The van der Waals surface area contributed by atoms with Gasteiger partial charge in [-0.2, -0.15) is 0 Å². The number of terminal acetylenes is 1. The number of halogens is 1. The predicted octanol–water partition coefficient (Wildman–Crippen LogP) is 1.53. The van der Waals surface area contributed by atoms with Crippen molar-refractivity contribution in [1.82, 2.24) is 0 Å². The number of hydrogen-bond acceptors (Lipinski definition) is 1. The third-order valence-electron chi connectivity index (χ3n) is 2.03. The Kier molecular flexibility index (Phi) is 2.23. The van der Waals surface area contributed by atoms with E-state index >= 15 is 0 Å². The van der Waals surface area contributed by atoms with Crippen molar-refractivity contribution in [2.24, 2.45) is 0 Å². The molecule has 1 N–H and O–H groups in total. The van der Waals surface area contributed by atoms with E-state index in [1.54, 1.807) is 0 Å². The lowest BCUT2D eigenvalue weighted by Crippen LogP contribution is -2.39. The van der Waals surface area contributed by atoms with Crippen LogP contribution in [0, 0.1) is 12.3 Å². The Morgan fingerprint density at radius 1 is 1.60 bits per heavy atom. The largest absolute Gasteiger partial charge is 0.376 e. The monoisotopic (exact) mass is 158 g/mol. The van der Waals surface area contributed by atoms with E-state index in [-0.39, 0.29) is 5.38 Å². The molecule has 0 amide bonds. The molecule has 0 heterocycles. The van der Waals surface area contributed by atoms with Crippen molar-refractivity contribution in [2.75, 3.05) is 0 Å². The Balaban J connectivity index is 2.65. The summed E-state index contributed by atoms with van der Waals surface area (Å²) in [5.74, 6) is 2.35. The minimum absolute atomic E-state index is 0.244. The SMILES string of the molecule is C#C[C@]1(O)CCCC[C@H]1Cl. The van der Waals surface area contributed by atoms with Crippen LogP contribution in [0.1, 0.15) is 25.7 Å². The molecule has 1 rings (SSSR count). The van der Waals surface area contributed by atoms with Crippen LogP contribution in [0.4, 0.5) is 0 Å². The van der Waals surface area contributed by atoms with Gasteiger partial charge >= 0.3 is 0 Å². The summed E-state index contributed by atoms with van der Waals surface area (Å²) >= 11 is 5.83. The average Bonchev–Trinajstić information content (AvgIpc) is 1.96. The van der Waals surface area contributed by atoms with Crippen molar-refractivity contribution >= 4 is 11.6 Å². The molecule has 1 aliphatic rings. The van der Waals surface area contributed by atoms with Crippen molar-refractivity contribution in [2.45, 2.75) is 36.7 Å². The maximum atomic E-state index is 9.58. The van der Waals surface area contributed by atoms with E-state index in [2.05, 4.69) is 5.92 Å². The number of hydrogen-bond donors (Lipinski definition) is 1. The molecule has 0 aliphatic heterocycles. The molecule has 0 bridgehead atoms. The fraction of sp³-hybridized carbons (Fsp3) is 0.750. The third-order valence-corrected chi connectivity index (χ3v) is 2.61. The zero-order chi connectivity index (χ0) is 7.61. The number of aliphatic hydroxyl groups is 1. The van der Waals surface area contributed by atoms with E-state index in [1.165, 1.54) is 0 Å². The molecule has 0 radical (unpaired) electrons. The van der Waals surface area contributed by atoms with Crippen LogP contribution in [0.25, 0.3) is 0 Å². The second-order valence-corrected chi connectivity index (χ2v) is 3.31. The molecule has 1 nitrogen and oxygen atoms in total. The molecule has 0 aromatic rings. The van der Waals surface area contributed by atoms with Gasteiger partial charge < -0.3 is 5.11 Å². The Labute approximate surface area is 66.4 Å². The Bertz CT molecular complexity index is 161. The first-order valence-electron chi connectivity index (χ1n) is 3.53. The third kappa shape index (κ3) is 1.28. The van der Waals surface area contributed by atoms with Crippen molar-refractivity contribution < 1.29 is 5.11 Å². The molecular weight excluding hydrogens is 148 g/mol. The highest BCUT2D eigenvalue weighted by Gasteiger charge is 2.35. The summed E-state index contributed by atoms with van der Waals surface area (Å²) in [5, 5.41) is 9.34. The van der Waals surface area contributed by atoms with Crippen LogP contribution >= 0.6 is 11.6 Å². The highest BCUT2D eigenvalue weighted by atomic mass is 35.5. The molecule has 10 heavy (non-hydrogen) atoms. The van der Waals surface area contributed by atoms with Gasteiger partial charge in [0.15, 0.2) is 0 Å². The maximum absolute atomic E-state index is 9.58. The van der Waals surface area contributed by atoms with Gasteiger partial charge in [-0.05, 0) is 19.3 Å². The van der Waals surface area contributed by atoms with Gasteiger partial charge in [-0.15, -0.1) is 18.0 Å². The molecule has 2 atom stereocenters. The standard InChI is InChI=1S/C8H11ClO/c1-2-8(10)6-4-3-5-7(8)9/h1,7,10H,3-6H2/t7-,8+/m1/s1. The lowest BCUT2D eigenvalue weighted by Gasteiger charge is -2.31. The van der Waals surface area contributed by atoms with Crippen molar-refractivity contribution in [1.29, 1.82) is 0 Å². The smallest absolute Gasteiger partial charge is 0.141 e. The van der Waals surface area contributed by atoms with Gasteiger partial charge in [-0.25, -0.2) is 0 Å². The Morgan fingerprint density at radius 2 is 2.30 bits per heavy atom. The molecule has 0 aromatic carbocycles. The molecule has 0 saturated heterocycles. The lowest BCUT2D eigenvalue weighted by molar-refractivity contribution is 0.0655. The van der Waals surface area contributed by atoms with E-state index in [9.17, 15) is 5.11 Å². The van der Waals surface area contributed by atoms with E-state index in [0.29, 0.717) is 6.42 Å². The summed E-state index contributed by atoms with van der Waals surface area (Å²) in [5.41, 5.74) is -1.03. The fourth-order valence-corrected chi connectivity index (χ4v) is 1.60.